The summed E-state index contributed by atoms with van der Waals surface area (Å²) in [4.78, 5) is 114. The number of aliphatic hydroxyl groups excluding tert-OH is 1. The van der Waals surface area contributed by atoms with E-state index in [1.807, 2.05) is 0 Å². The number of nitrogens with one attached hydrogen (secondary N) is 6. The van der Waals surface area contributed by atoms with Crippen LogP contribution in [0.5, 0.6) is 11.5 Å². The number of phenols is 2. The summed E-state index contributed by atoms with van der Waals surface area (Å²) in [5.74, 6) is -12.2. The number of amides is 6. The van der Waals surface area contributed by atoms with Crippen LogP contribution < -0.4 is 37.6 Å². The maximum atomic E-state index is 13.9. The van der Waals surface area contributed by atoms with Crippen LogP contribution in [0.1, 0.15) is 37.8 Å². The fourth-order valence-electron chi connectivity index (χ4n) is 5.16. The van der Waals surface area contributed by atoms with Gasteiger partial charge in [0.2, 0.25) is 35.4 Å². The largest absolute Gasteiger partial charge is 0.508 e. The quantitative estimate of drug-likeness (QED) is 0.0516. The minimum absolute atomic E-state index is 0.100. The summed E-state index contributed by atoms with van der Waals surface area (Å²) in [6.07, 6.45) is -2.77. The van der Waals surface area contributed by atoms with Crippen molar-refractivity contribution in [3.8, 4) is 11.5 Å². The van der Waals surface area contributed by atoms with Crippen molar-refractivity contribution >= 4 is 53.4 Å². The highest BCUT2D eigenvalue weighted by Crippen LogP contribution is 2.14. The Kier molecular flexibility index (Phi) is 18.5. The van der Waals surface area contributed by atoms with Crippen LogP contribution in [0.3, 0.4) is 0 Å². The van der Waals surface area contributed by atoms with Gasteiger partial charge in [-0.05, 0) is 41.3 Å². The average molecular weight is 818 g/mol. The van der Waals surface area contributed by atoms with Crippen molar-refractivity contribution in [3.05, 3.63) is 59.7 Å². The number of phenolic OH excluding ortho intramolecular Hbond substituents is 2. The van der Waals surface area contributed by atoms with E-state index in [9.17, 15) is 68.7 Å². The molecule has 0 saturated heterocycles. The number of carboxylic acid groups (broad SMARTS) is 3. The second kappa shape index (κ2) is 22.7. The maximum absolute atomic E-state index is 13.9. The number of carbonyl (C=O) groups excluding carboxylic acids is 6. The van der Waals surface area contributed by atoms with Crippen LogP contribution in [0, 0.1) is 5.92 Å². The zero-order chi connectivity index (χ0) is 43.7. The van der Waals surface area contributed by atoms with E-state index in [0.29, 0.717) is 11.1 Å². The molecular weight excluding hydrogens is 770 g/mol. The molecule has 22 heteroatoms. The molecule has 0 fully saturated rings. The first kappa shape index (κ1) is 47.3. The lowest BCUT2D eigenvalue weighted by Gasteiger charge is -2.27. The van der Waals surface area contributed by atoms with Gasteiger partial charge in [-0.25, -0.2) is 0 Å². The van der Waals surface area contributed by atoms with Gasteiger partial charge in [0.1, 0.15) is 54.3 Å². The molecule has 2 aromatic carbocycles. The summed E-state index contributed by atoms with van der Waals surface area (Å²) >= 11 is 0. The summed E-state index contributed by atoms with van der Waals surface area (Å²) in [5.41, 5.74) is 6.39. The lowest BCUT2D eigenvalue weighted by Crippen LogP contribution is -2.61. The molecule has 0 aliphatic rings. The maximum Gasteiger partial charge on any atom is 0.322 e. The molecular formula is C36H47N7O15. The van der Waals surface area contributed by atoms with Crippen molar-refractivity contribution in [3.63, 3.8) is 0 Å². The molecule has 0 unspecified atom stereocenters. The number of hydrogen-bond acceptors (Lipinski definition) is 13. The Morgan fingerprint density at radius 2 is 0.897 bits per heavy atom. The van der Waals surface area contributed by atoms with Crippen molar-refractivity contribution in [1.29, 1.82) is 0 Å². The zero-order valence-electron chi connectivity index (χ0n) is 31.3. The van der Waals surface area contributed by atoms with E-state index in [-0.39, 0.29) is 24.3 Å². The van der Waals surface area contributed by atoms with Gasteiger partial charge in [-0.3, -0.25) is 43.2 Å². The first-order chi connectivity index (χ1) is 27.2. The third kappa shape index (κ3) is 16.1. The zero-order valence-corrected chi connectivity index (χ0v) is 31.3. The number of hydrogen-bond donors (Lipinski definition) is 13. The third-order valence-electron chi connectivity index (χ3n) is 8.24. The fourth-order valence-corrected chi connectivity index (χ4v) is 5.16. The highest BCUT2D eigenvalue weighted by Gasteiger charge is 2.35. The smallest absolute Gasteiger partial charge is 0.322 e. The van der Waals surface area contributed by atoms with Gasteiger partial charge in [0.25, 0.3) is 0 Å². The lowest BCUT2D eigenvalue weighted by molar-refractivity contribution is -0.144. The van der Waals surface area contributed by atoms with Crippen LogP contribution in [0.2, 0.25) is 0 Å². The fraction of sp³-hybridized carbons (Fsp3) is 0.417. The molecule has 0 aromatic heterocycles. The molecule has 0 aliphatic carbocycles. The summed E-state index contributed by atoms with van der Waals surface area (Å²) in [7, 11) is 0. The van der Waals surface area contributed by atoms with Gasteiger partial charge in [-0.2, -0.15) is 0 Å². The number of carbonyl (C=O) groups is 9. The minimum Gasteiger partial charge on any atom is -0.508 e. The lowest BCUT2D eigenvalue weighted by atomic mass is 10.0. The molecule has 6 atom stereocenters. The van der Waals surface area contributed by atoms with E-state index >= 15 is 0 Å². The van der Waals surface area contributed by atoms with E-state index < -0.39 is 122 Å². The van der Waals surface area contributed by atoms with Crippen molar-refractivity contribution in [2.75, 3.05) is 13.2 Å². The van der Waals surface area contributed by atoms with Gasteiger partial charge < -0.3 is 68.3 Å². The van der Waals surface area contributed by atoms with E-state index in [2.05, 4.69) is 31.9 Å². The monoisotopic (exact) mass is 817 g/mol. The molecule has 2 aromatic rings. The Morgan fingerprint density at radius 3 is 1.26 bits per heavy atom. The van der Waals surface area contributed by atoms with Crippen molar-refractivity contribution < 1.29 is 73.8 Å². The van der Waals surface area contributed by atoms with E-state index in [0.717, 1.165) is 0 Å². The van der Waals surface area contributed by atoms with Crippen molar-refractivity contribution in [2.45, 2.75) is 75.8 Å². The third-order valence-corrected chi connectivity index (χ3v) is 8.24. The molecule has 0 heterocycles. The summed E-state index contributed by atoms with van der Waals surface area (Å²) in [5, 5.41) is 70.2. The predicted octanol–water partition coefficient (Wildman–Crippen LogP) is -3.57. The molecule has 6 amide bonds. The topological polar surface area (TPSA) is 373 Å². The summed E-state index contributed by atoms with van der Waals surface area (Å²) < 4.78 is 0. The van der Waals surface area contributed by atoms with Crippen LogP contribution in [0.4, 0.5) is 0 Å². The molecule has 0 radical (unpaired) electrons. The van der Waals surface area contributed by atoms with Crippen LogP contribution in [-0.2, 0) is 56.0 Å². The first-order valence-electron chi connectivity index (χ1n) is 17.6. The second-order valence-corrected chi connectivity index (χ2v) is 13.3. The molecule has 22 nitrogen and oxygen atoms in total. The Morgan fingerprint density at radius 1 is 0.534 bits per heavy atom. The summed E-state index contributed by atoms with van der Waals surface area (Å²) in [6, 6.07) is 0.920. The molecule has 316 valence electrons. The number of aromatic hydroxyl groups is 2. The number of benzene rings is 2. The van der Waals surface area contributed by atoms with Gasteiger partial charge in [-0.1, -0.05) is 38.1 Å². The standard InChI is InChI=1S/C36H47N7O15/c1-17(2)30(36(58)38-15-29(51)52)43-35(57)26(14-28(49)50)42-34(56)25(13-27(47)48)41-33(55)24(12-19-5-9-21(46)10-6-19)40-32(54)23(39-31(53)22(37)16-44)11-18-3-7-20(45)8-4-18/h3-10,17,22-26,30,44-46H,11-16,37H2,1-2H3,(H,38,58)(H,39,53)(H,40,54)(H,41,55)(H,42,56)(H,43,57)(H,47,48)(H,49,50)(H,51,52)/t22-,23-,24-,25-,26-,30-/m0/s1. The van der Waals surface area contributed by atoms with Gasteiger partial charge in [0.05, 0.1) is 19.4 Å². The minimum atomic E-state index is -2.01. The van der Waals surface area contributed by atoms with Crippen LogP contribution in [0.15, 0.2) is 48.5 Å². The Hall–Kier alpha value is -6.81. The van der Waals surface area contributed by atoms with Crippen LogP contribution in [-0.4, -0.2) is 133 Å². The molecule has 58 heavy (non-hydrogen) atoms. The Bertz CT molecular complexity index is 1800. The highest BCUT2D eigenvalue weighted by atomic mass is 16.4. The summed E-state index contributed by atoms with van der Waals surface area (Å²) in [6.45, 7) is 1.38. The predicted molar refractivity (Wildman–Crippen MR) is 198 cm³/mol. The molecule has 0 saturated carbocycles. The van der Waals surface area contributed by atoms with Gasteiger partial charge in [0, 0.05) is 12.8 Å². The Balaban J connectivity index is 2.44. The number of aliphatic hydroxyl groups is 1. The molecule has 0 aliphatic heterocycles. The molecule has 0 spiro atoms. The van der Waals surface area contributed by atoms with E-state index in [1.165, 1.54) is 62.4 Å². The van der Waals surface area contributed by atoms with Crippen LogP contribution >= 0.6 is 0 Å². The SMILES string of the molecule is CC(C)[C@H](NC(=O)[C@H](CC(=O)O)NC(=O)[C@H](CC(=O)O)NC(=O)[C@H](Cc1ccc(O)cc1)NC(=O)[C@H](Cc1ccc(O)cc1)NC(=O)[C@@H](N)CO)C(=O)NCC(=O)O. The van der Waals surface area contributed by atoms with E-state index in [4.69, 9.17) is 10.8 Å². The van der Waals surface area contributed by atoms with Gasteiger partial charge in [0.15, 0.2) is 0 Å². The first-order valence-corrected chi connectivity index (χ1v) is 17.6. The van der Waals surface area contributed by atoms with Gasteiger partial charge in [-0.15, -0.1) is 0 Å². The molecule has 2 rings (SSSR count). The van der Waals surface area contributed by atoms with Crippen molar-refractivity contribution in [1.82, 2.24) is 31.9 Å². The normalized spacial score (nSPS) is 13.9. The van der Waals surface area contributed by atoms with Gasteiger partial charge >= 0.3 is 17.9 Å². The van der Waals surface area contributed by atoms with Crippen LogP contribution in [0.25, 0.3) is 0 Å². The number of carboxylic acids is 3. The van der Waals surface area contributed by atoms with E-state index in [1.54, 1.807) is 0 Å². The molecule has 0 bridgehead atoms. The highest BCUT2D eigenvalue weighted by molar-refractivity contribution is 5.99. The number of nitrogens with two attached hydrogens (primary N) is 1. The van der Waals surface area contributed by atoms with Crippen molar-refractivity contribution in [2.24, 2.45) is 11.7 Å². The second-order valence-electron chi connectivity index (χ2n) is 13.3. The Labute approximate surface area is 330 Å². The number of rotatable bonds is 23. The average Bonchev–Trinajstić information content (AvgIpc) is 3.15. The number of aliphatic carboxylic acids is 3. The molecule has 14 N–H and O–H groups in total.